The van der Waals surface area contributed by atoms with Crippen molar-refractivity contribution in [2.45, 2.75) is 24.3 Å². The maximum absolute atomic E-state index is 12.6. The summed E-state index contributed by atoms with van der Waals surface area (Å²) in [7, 11) is 0.448. The van der Waals surface area contributed by atoms with Crippen LogP contribution in [0.5, 0.6) is 0 Å². The Bertz CT molecular complexity index is 732. The SMILES string of the molecule is COC(=O)C(CCSC)NC(=O)c1cc(S(=O)(=O)N(C)C)ccc1C. The molecule has 0 heterocycles. The van der Waals surface area contributed by atoms with Gasteiger partial charge >= 0.3 is 5.97 Å². The fourth-order valence-corrected chi connectivity index (χ4v) is 3.48. The van der Waals surface area contributed by atoms with E-state index in [2.05, 4.69) is 5.32 Å². The van der Waals surface area contributed by atoms with Crippen molar-refractivity contribution in [3.05, 3.63) is 29.3 Å². The van der Waals surface area contributed by atoms with Gasteiger partial charge in [-0.2, -0.15) is 11.8 Å². The van der Waals surface area contributed by atoms with Gasteiger partial charge in [-0.3, -0.25) is 4.79 Å². The summed E-state index contributed by atoms with van der Waals surface area (Å²) in [6, 6.07) is 3.56. The number of hydrogen-bond acceptors (Lipinski definition) is 6. The third kappa shape index (κ3) is 5.45. The van der Waals surface area contributed by atoms with Crippen LogP contribution in [0.2, 0.25) is 0 Å². The molecule has 0 saturated carbocycles. The highest BCUT2D eigenvalue weighted by molar-refractivity contribution is 7.98. The van der Waals surface area contributed by atoms with Gasteiger partial charge < -0.3 is 10.1 Å². The molecule has 1 N–H and O–H groups in total. The predicted molar refractivity (Wildman–Crippen MR) is 98.3 cm³/mol. The van der Waals surface area contributed by atoms with Gasteiger partial charge in [-0.05, 0) is 43.0 Å². The van der Waals surface area contributed by atoms with E-state index in [1.165, 1.54) is 33.3 Å². The van der Waals surface area contributed by atoms with E-state index >= 15 is 0 Å². The molecule has 1 aromatic rings. The smallest absolute Gasteiger partial charge is 0.328 e. The van der Waals surface area contributed by atoms with E-state index in [1.54, 1.807) is 24.8 Å². The monoisotopic (exact) mass is 388 g/mol. The van der Waals surface area contributed by atoms with Crippen LogP contribution in [-0.2, 0) is 19.6 Å². The third-order valence-electron chi connectivity index (χ3n) is 3.63. The van der Waals surface area contributed by atoms with Gasteiger partial charge in [0.05, 0.1) is 12.0 Å². The van der Waals surface area contributed by atoms with E-state index in [4.69, 9.17) is 4.74 Å². The summed E-state index contributed by atoms with van der Waals surface area (Å²) in [5.41, 5.74) is 0.824. The number of carbonyl (C=O) groups excluding carboxylic acids is 2. The molecule has 7 nitrogen and oxygen atoms in total. The molecule has 0 fully saturated rings. The first-order valence-corrected chi connectivity index (χ1v) is 10.4. The summed E-state index contributed by atoms with van der Waals surface area (Å²) in [5.74, 6) is -0.365. The molecule has 0 aliphatic heterocycles. The molecule has 1 unspecified atom stereocenters. The first kappa shape index (κ1) is 21.5. The lowest BCUT2D eigenvalue weighted by Crippen LogP contribution is -2.42. The van der Waals surface area contributed by atoms with Gasteiger partial charge in [0.15, 0.2) is 0 Å². The van der Waals surface area contributed by atoms with Crippen LogP contribution in [0.15, 0.2) is 23.1 Å². The third-order valence-corrected chi connectivity index (χ3v) is 6.09. The Morgan fingerprint density at radius 1 is 1.32 bits per heavy atom. The number of aryl methyl sites for hydroxylation is 1. The summed E-state index contributed by atoms with van der Waals surface area (Å²) in [6.07, 6.45) is 2.32. The first-order valence-electron chi connectivity index (χ1n) is 7.56. The standard InChI is InChI=1S/C16H24N2O5S2/c1-11-6-7-12(25(21,22)18(2)3)10-13(11)15(19)17-14(8-9-24-5)16(20)23-4/h6-7,10,14H,8-9H2,1-5H3,(H,17,19). The van der Waals surface area contributed by atoms with Crippen molar-refractivity contribution in [1.29, 1.82) is 0 Å². The van der Waals surface area contributed by atoms with Gasteiger partial charge in [-0.25, -0.2) is 17.5 Å². The number of sulfonamides is 1. The second-order valence-electron chi connectivity index (χ2n) is 5.59. The fourth-order valence-electron chi connectivity index (χ4n) is 2.08. The molecule has 0 aliphatic rings. The number of hydrogen-bond donors (Lipinski definition) is 1. The van der Waals surface area contributed by atoms with Crippen LogP contribution in [0.25, 0.3) is 0 Å². The molecule has 1 atom stereocenters. The average molecular weight is 389 g/mol. The highest BCUT2D eigenvalue weighted by Gasteiger charge is 2.24. The zero-order valence-electron chi connectivity index (χ0n) is 15.0. The number of amides is 1. The topological polar surface area (TPSA) is 92.8 Å². The lowest BCUT2D eigenvalue weighted by Gasteiger charge is -2.18. The summed E-state index contributed by atoms with van der Waals surface area (Å²) in [5, 5.41) is 2.63. The lowest BCUT2D eigenvalue weighted by atomic mass is 10.1. The quantitative estimate of drug-likeness (QED) is 0.674. The van der Waals surface area contributed by atoms with E-state index < -0.39 is 27.9 Å². The van der Waals surface area contributed by atoms with Crippen LogP contribution in [-0.4, -0.2) is 63.9 Å². The Hall–Kier alpha value is -1.58. The highest BCUT2D eigenvalue weighted by atomic mass is 32.2. The molecule has 0 saturated heterocycles. The average Bonchev–Trinajstić information content (AvgIpc) is 2.57. The van der Waals surface area contributed by atoms with E-state index in [1.807, 2.05) is 6.26 Å². The molecule has 0 aromatic heterocycles. The molecular formula is C16H24N2O5S2. The number of benzene rings is 1. The number of ether oxygens (including phenoxy) is 1. The maximum Gasteiger partial charge on any atom is 0.328 e. The minimum absolute atomic E-state index is 0.0204. The summed E-state index contributed by atoms with van der Waals surface area (Å²) < 4.78 is 30.3. The molecule has 1 aromatic carbocycles. The molecule has 1 rings (SSSR count). The van der Waals surface area contributed by atoms with E-state index in [-0.39, 0.29) is 10.5 Å². The molecule has 0 aliphatic carbocycles. The Labute approximate surface area is 153 Å². The molecule has 1 amide bonds. The Kier molecular flexibility index (Phi) is 7.91. The second-order valence-corrected chi connectivity index (χ2v) is 8.73. The fraction of sp³-hybridized carbons (Fsp3) is 0.500. The summed E-state index contributed by atoms with van der Waals surface area (Å²) in [4.78, 5) is 24.4. The van der Waals surface area contributed by atoms with Crippen LogP contribution >= 0.6 is 11.8 Å². The van der Waals surface area contributed by atoms with Crippen molar-refractivity contribution in [2.75, 3.05) is 33.2 Å². The zero-order chi connectivity index (χ0) is 19.2. The van der Waals surface area contributed by atoms with Gasteiger partial charge in [0.1, 0.15) is 6.04 Å². The van der Waals surface area contributed by atoms with Gasteiger partial charge in [-0.1, -0.05) is 6.07 Å². The molecule has 9 heteroatoms. The number of thioether (sulfide) groups is 1. The molecule has 25 heavy (non-hydrogen) atoms. The minimum Gasteiger partial charge on any atom is -0.467 e. The molecule has 0 spiro atoms. The second kappa shape index (κ2) is 9.21. The van der Waals surface area contributed by atoms with Crippen LogP contribution in [0, 0.1) is 6.92 Å². The molecule has 0 radical (unpaired) electrons. The molecule has 0 bridgehead atoms. The lowest BCUT2D eigenvalue weighted by molar-refractivity contribution is -0.142. The van der Waals surface area contributed by atoms with Gasteiger partial charge in [0.25, 0.3) is 5.91 Å². The first-order chi connectivity index (χ1) is 11.6. The van der Waals surface area contributed by atoms with Crippen molar-refractivity contribution in [1.82, 2.24) is 9.62 Å². The number of carbonyl (C=O) groups is 2. The number of methoxy groups -OCH3 is 1. The number of rotatable bonds is 8. The van der Waals surface area contributed by atoms with E-state index in [0.29, 0.717) is 17.7 Å². The maximum atomic E-state index is 12.6. The normalized spacial score (nSPS) is 12.7. The van der Waals surface area contributed by atoms with Crippen LogP contribution in [0.4, 0.5) is 0 Å². The minimum atomic E-state index is -3.65. The van der Waals surface area contributed by atoms with Crippen molar-refractivity contribution in [3.8, 4) is 0 Å². The summed E-state index contributed by atoms with van der Waals surface area (Å²) >= 11 is 1.55. The van der Waals surface area contributed by atoms with Crippen molar-refractivity contribution in [3.63, 3.8) is 0 Å². The van der Waals surface area contributed by atoms with Crippen molar-refractivity contribution in [2.24, 2.45) is 0 Å². The van der Waals surface area contributed by atoms with Gasteiger partial charge in [0, 0.05) is 19.7 Å². The molecule has 140 valence electrons. The van der Waals surface area contributed by atoms with Crippen LogP contribution < -0.4 is 5.32 Å². The van der Waals surface area contributed by atoms with E-state index in [0.717, 1.165) is 4.31 Å². The van der Waals surface area contributed by atoms with Crippen LogP contribution in [0.3, 0.4) is 0 Å². The highest BCUT2D eigenvalue weighted by Crippen LogP contribution is 2.18. The Balaban J connectivity index is 3.13. The number of esters is 1. The summed E-state index contributed by atoms with van der Waals surface area (Å²) in [6.45, 7) is 1.70. The zero-order valence-corrected chi connectivity index (χ0v) is 16.7. The number of nitrogens with one attached hydrogen (secondary N) is 1. The Morgan fingerprint density at radius 2 is 1.96 bits per heavy atom. The largest absolute Gasteiger partial charge is 0.467 e. The van der Waals surface area contributed by atoms with Crippen molar-refractivity contribution < 1.29 is 22.7 Å². The predicted octanol–water partition coefficient (Wildman–Crippen LogP) is 1.27. The molecular weight excluding hydrogens is 364 g/mol. The van der Waals surface area contributed by atoms with Crippen LogP contribution in [0.1, 0.15) is 22.3 Å². The Morgan fingerprint density at radius 3 is 2.48 bits per heavy atom. The van der Waals surface area contributed by atoms with Crippen molar-refractivity contribution >= 4 is 33.7 Å². The number of nitrogens with zero attached hydrogens (tertiary/aromatic N) is 1. The van der Waals surface area contributed by atoms with Gasteiger partial charge in [-0.15, -0.1) is 0 Å². The van der Waals surface area contributed by atoms with E-state index in [9.17, 15) is 18.0 Å². The van der Waals surface area contributed by atoms with Gasteiger partial charge in [0.2, 0.25) is 10.0 Å².